The van der Waals surface area contributed by atoms with Gasteiger partial charge >= 0.3 is 5.69 Å². The largest absolute Gasteiger partial charge is 0.490 e. The van der Waals surface area contributed by atoms with Crippen molar-refractivity contribution in [1.29, 1.82) is 5.26 Å². The summed E-state index contributed by atoms with van der Waals surface area (Å²) in [5, 5.41) is 19.8. The molecule has 0 heterocycles. The molecule has 0 N–H and O–H groups in total. The number of nitriles is 1. The van der Waals surface area contributed by atoms with Gasteiger partial charge in [0.1, 0.15) is 0 Å². The van der Waals surface area contributed by atoms with Crippen LogP contribution < -0.4 is 4.74 Å². The van der Waals surface area contributed by atoms with E-state index in [1.54, 1.807) is 31.3 Å². The third-order valence-electron chi connectivity index (χ3n) is 3.47. The van der Waals surface area contributed by atoms with Crippen LogP contribution in [0.25, 0.3) is 0 Å². The Hall–Kier alpha value is -3.40. The summed E-state index contributed by atoms with van der Waals surface area (Å²) >= 11 is 0. The molecule has 2 rings (SSSR count). The summed E-state index contributed by atoms with van der Waals surface area (Å²) in [4.78, 5) is 24.4. The Bertz CT molecular complexity index is 810. The summed E-state index contributed by atoms with van der Waals surface area (Å²) in [5.41, 5.74) is 1.35. The van der Waals surface area contributed by atoms with Crippen LogP contribution in [0.15, 0.2) is 42.5 Å². The number of methoxy groups -OCH3 is 1. The summed E-state index contributed by atoms with van der Waals surface area (Å²) in [6, 6.07) is 13.0. The van der Waals surface area contributed by atoms with Crippen molar-refractivity contribution < 1.29 is 14.5 Å². The number of nitro groups is 1. The van der Waals surface area contributed by atoms with Crippen molar-refractivity contribution in [3.05, 3.63) is 69.3 Å². The van der Waals surface area contributed by atoms with Gasteiger partial charge in [-0.1, -0.05) is 12.1 Å². The minimum atomic E-state index is -0.587. The first-order valence-corrected chi connectivity index (χ1v) is 7.03. The van der Waals surface area contributed by atoms with E-state index in [1.165, 1.54) is 30.2 Å². The highest BCUT2D eigenvalue weighted by Crippen LogP contribution is 2.28. The molecule has 7 heteroatoms. The molecular formula is C17H15N3O4. The number of carbonyl (C=O) groups is 1. The highest BCUT2D eigenvalue weighted by molar-refractivity contribution is 5.95. The van der Waals surface area contributed by atoms with E-state index in [-0.39, 0.29) is 22.9 Å². The lowest BCUT2D eigenvalue weighted by molar-refractivity contribution is -0.385. The topological polar surface area (TPSA) is 96.5 Å². The Balaban J connectivity index is 2.19. The van der Waals surface area contributed by atoms with Gasteiger partial charge in [0.15, 0.2) is 5.75 Å². The molecule has 24 heavy (non-hydrogen) atoms. The van der Waals surface area contributed by atoms with Gasteiger partial charge in [0, 0.05) is 25.2 Å². The highest BCUT2D eigenvalue weighted by atomic mass is 16.6. The van der Waals surface area contributed by atoms with Gasteiger partial charge in [-0.3, -0.25) is 14.9 Å². The number of nitro benzene ring substituents is 1. The number of ether oxygens (including phenoxy) is 1. The van der Waals surface area contributed by atoms with Crippen LogP contribution in [0.2, 0.25) is 0 Å². The second-order valence-electron chi connectivity index (χ2n) is 5.11. The van der Waals surface area contributed by atoms with E-state index < -0.39 is 4.92 Å². The summed E-state index contributed by atoms with van der Waals surface area (Å²) in [6.07, 6.45) is 0. The molecule has 0 fully saturated rings. The molecule has 0 aliphatic heterocycles. The first kappa shape index (κ1) is 17.0. The number of hydrogen-bond acceptors (Lipinski definition) is 5. The van der Waals surface area contributed by atoms with Crippen LogP contribution in [-0.4, -0.2) is 29.9 Å². The molecule has 0 radical (unpaired) electrons. The van der Waals surface area contributed by atoms with Crippen molar-refractivity contribution in [3.8, 4) is 11.8 Å². The standard InChI is InChI=1S/C17H15N3O4/c1-19(11-13-5-3-12(10-18)4-6-13)17(21)14-7-8-16(24-2)15(9-14)20(22)23/h3-9H,11H2,1-2H3. The number of carbonyl (C=O) groups excluding carboxylic acids is 1. The van der Waals surface area contributed by atoms with Gasteiger partial charge in [0.25, 0.3) is 5.91 Å². The molecule has 1 amide bonds. The molecule has 0 aliphatic rings. The fourth-order valence-corrected chi connectivity index (χ4v) is 2.22. The molecule has 0 aromatic heterocycles. The second-order valence-corrected chi connectivity index (χ2v) is 5.11. The number of nitrogens with zero attached hydrogens (tertiary/aromatic N) is 3. The van der Waals surface area contributed by atoms with Gasteiger partial charge < -0.3 is 9.64 Å². The van der Waals surface area contributed by atoms with E-state index in [1.807, 2.05) is 6.07 Å². The van der Waals surface area contributed by atoms with E-state index in [0.29, 0.717) is 12.1 Å². The normalized spacial score (nSPS) is 9.88. The summed E-state index contributed by atoms with van der Waals surface area (Å²) in [5.74, 6) is -0.239. The zero-order valence-electron chi connectivity index (χ0n) is 13.2. The molecule has 122 valence electrons. The smallest absolute Gasteiger partial charge is 0.311 e. The molecule has 0 spiro atoms. The number of rotatable bonds is 5. The average molecular weight is 325 g/mol. The van der Waals surface area contributed by atoms with Crippen molar-refractivity contribution in [2.75, 3.05) is 14.2 Å². The Morgan fingerprint density at radius 1 is 1.29 bits per heavy atom. The Labute approximate surface area is 138 Å². The predicted octanol–water partition coefficient (Wildman–Crippen LogP) is 2.75. The SMILES string of the molecule is COc1ccc(C(=O)N(C)Cc2ccc(C#N)cc2)cc1[N+](=O)[O-]. The molecule has 2 aromatic carbocycles. The lowest BCUT2D eigenvalue weighted by Crippen LogP contribution is -2.26. The zero-order chi connectivity index (χ0) is 17.7. The molecule has 7 nitrogen and oxygen atoms in total. The van der Waals surface area contributed by atoms with Crippen molar-refractivity contribution in [3.63, 3.8) is 0 Å². The number of hydrogen-bond donors (Lipinski definition) is 0. The zero-order valence-corrected chi connectivity index (χ0v) is 13.2. The van der Waals surface area contributed by atoms with Crippen molar-refractivity contribution in [1.82, 2.24) is 4.90 Å². The lowest BCUT2D eigenvalue weighted by Gasteiger charge is -2.17. The Morgan fingerprint density at radius 3 is 2.50 bits per heavy atom. The maximum Gasteiger partial charge on any atom is 0.311 e. The molecular weight excluding hydrogens is 310 g/mol. The average Bonchev–Trinajstić information content (AvgIpc) is 2.61. The van der Waals surface area contributed by atoms with E-state index in [2.05, 4.69) is 0 Å². The Kier molecular flexibility index (Phi) is 5.12. The lowest BCUT2D eigenvalue weighted by atomic mass is 10.1. The molecule has 0 atom stereocenters. The maximum atomic E-state index is 12.5. The van der Waals surface area contributed by atoms with E-state index in [0.717, 1.165) is 5.56 Å². The first-order valence-electron chi connectivity index (χ1n) is 7.03. The molecule has 2 aromatic rings. The summed E-state index contributed by atoms with van der Waals surface area (Å²) < 4.78 is 4.93. The van der Waals surface area contributed by atoms with Gasteiger partial charge in [-0.15, -0.1) is 0 Å². The van der Waals surface area contributed by atoms with Crippen LogP contribution >= 0.6 is 0 Å². The van der Waals surface area contributed by atoms with Crippen LogP contribution in [0.4, 0.5) is 5.69 Å². The fraction of sp³-hybridized carbons (Fsp3) is 0.176. The highest BCUT2D eigenvalue weighted by Gasteiger charge is 2.20. The fourth-order valence-electron chi connectivity index (χ4n) is 2.22. The predicted molar refractivity (Wildman–Crippen MR) is 86.6 cm³/mol. The third kappa shape index (κ3) is 3.67. The van der Waals surface area contributed by atoms with Gasteiger partial charge in [0.2, 0.25) is 0 Å². The van der Waals surface area contributed by atoms with Crippen LogP contribution in [0.1, 0.15) is 21.5 Å². The van der Waals surface area contributed by atoms with Crippen molar-refractivity contribution >= 4 is 11.6 Å². The molecule has 0 saturated carbocycles. The van der Waals surface area contributed by atoms with Crippen molar-refractivity contribution in [2.45, 2.75) is 6.54 Å². The van der Waals surface area contributed by atoms with Gasteiger partial charge in [-0.05, 0) is 29.8 Å². The first-order chi connectivity index (χ1) is 11.5. The number of amides is 1. The second kappa shape index (κ2) is 7.24. The van der Waals surface area contributed by atoms with E-state index >= 15 is 0 Å². The van der Waals surface area contributed by atoms with Crippen LogP contribution in [0.3, 0.4) is 0 Å². The van der Waals surface area contributed by atoms with Gasteiger partial charge in [-0.2, -0.15) is 5.26 Å². The van der Waals surface area contributed by atoms with Crippen LogP contribution in [-0.2, 0) is 6.54 Å². The maximum absolute atomic E-state index is 12.5. The molecule has 0 aliphatic carbocycles. The minimum Gasteiger partial charge on any atom is -0.490 e. The Morgan fingerprint density at radius 2 is 1.96 bits per heavy atom. The van der Waals surface area contributed by atoms with E-state index in [9.17, 15) is 14.9 Å². The third-order valence-corrected chi connectivity index (χ3v) is 3.47. The van der Waals surface area contributed by atoms with Crippen LogP contribution in [0.5, 0.6) is 5.75 Å². The summed E-state index contributed by atoms with van der Waals surface area (Å²) in [6.45, 7) is 0.324. The molecule has 0 saturated heterocycles. The van der Waals surface area contributed by atoms with Crippen LogP contribution in [0, 0.1) is 21.4 Å². The number of benzene rings is 2. The van der Waals surface area contributed by atoms with Crippen molar-refractivity contribution in [2.24, 2.45) is 0 Å². The van der Waals surface area contributed by atoms with Gasteiger partial charge in [-0.25, -0.2) is 0 Å². The minimum absolute atomic E-state index is 0.103. The van der Waals surface area contributed by atoms with E-state index in [4.69, 9.17) is 10.00 Å². The molecule has 0 bridgehead atoms. The quantitative estimate of drug-likeness (QED) is 0.622. The summed E-state index contributed by atoms with van der Waals surface area (Å²) in [7, 11) is 2.94. The monoisotopic (exact) mass is 325 g/mol. The molecule has 0 unspecified atom stereocenters. The van der Waals surface area contributed by atoms with Gasteiger partial charge in [0.05, 0.1) is 23.7 Å².